The molecule has 0 aromatic heterocycles. The standard InChI is InChI=1S/C26H27FN2O2/c1-29(18-19-7-10-23(27)11-8-19)25(31)13-15-26(14-12-24(30)28-26)17-20-6-9-21-4-2-3-5-22(21)16-20/h2-11,16H,12-15,17-18H2,1H3,(H,28,30). The third-order valence-corrected chi connectivity index (χ3v) is 6.17. The third kappa shape index (κ3) is 5.10. The lowest BCUT2D eigenvalue weighted by molar-refractivity contribution is -0.131. The first kappa shape index (κ1) is 21.0. The molecule has 0 radical (unpaired) electrons. The minimum Gasteiger partial charge on any atom is -0.350 e. The second-order valence-electron chi connectivity index (χ2n) is 8.56. The Morgan fingerprint density at radius 3 is 2.45 bits per heavy atom. The van der Waals surface area contributed by atoms with Crippen LogP contribution in [-0.2, 0) is 22.6 Å². The predicted molar refractivity (Wildman–Crippen MR) is 120 cm³/mol. The van der Waals surface area contributed by atoms with Gasteiger partial charge in [0.25, 0.3) is 0 Å². The van der Waals surface area contributed by atoms with E-state index in [2.05, 4.69) is 35.6 Å². The van der Waals surface area contributed by atoms with Crippen molar-refractivity contribution in [3.05, 3.63) is 83.7 Å². The number of nitrogens with zero attached hydrogens (tertiary/aromatic N) is 1. The Morgan fingerprint density at radius 1 is 1.03 bits per heavy atom. The van der Waals surface area contributed by atoms with E-state index in [1.165, 1.54) is 22.9 Å². The van der Waals surface area contributed by atoms with E-state index in [1.54, 1.807) is 24.1 Å². The highest BCUT2D eigenvalue weighted by Gasteiger charge is 2.38. The van der Waals surface area contributed by atoms with Crippen LogP contribution in [-0.4, -0.2) is 29.3 Å². The van der Waals surface area contributed by atoms with Gasteiger partial charge in [-0.15, -0.1) is 0 Å². The number of fused-ring (bicyclic) bond motifs is 1. The summed E-state index contributed by atoms with van der Waals surface area (Å²) >= 11 is 0. The maximum absolute atomic E-state index is 13.1. The fourth-order valence-electron chi connectivity index (χ4n) is 4.41. The summed E-state index contributed by atoms with van der Waals surface area (Å²) in [6.45, 7) is 0.434. The number of carbonyl (C=O) groups is 2. The maximum Gasteiger partial charge on any atom is 0.222 e. The lowest BCUT2D eigenvalue weighted by atomic mass is 9.84. The molecule has 1 aliphatic rings. The highest BCUT2D eigenvalue weighted by molar-refractivity contribution is 5.83. The molecule has 1 fully saturated rings. The molecule has 0 bridgehead atoms. The van der Waals surface area contributed by atoms with E-state index in [4.69, 9.17) is 0 Å². The molecule has 3 aromatic carbocycles. The van der Waals surface area contributed by atoms with Crippen molar-refractivity contribution in [1.82, 2.24) is 10.2 Å². The highest BCUT2D eigenvalue weighted by Crippen LogP contribution is 2.31. The van der Waals surface area contributed by atoms with Gasteiger partial charge in [-0.1, -0.05) is 54.6 Å². The molecule has 1 saturated heterocycles. The Bertz CT molecular complexity index is 1100. The minimum absolute atomic E-state index is 0.0170. The Labute approximate surface area is 182 Å². The van der Waals surface area contributed by atoms with Crippen LogP contribution < -0.4 is 5.32 Å². The van der Waals surface area contributed by atoms with Gasteiger partial charge in [0.05, 0.1) is 0 Å². The monoisotopic (exact) mass is 418 g/mol. The minimum atomic E-state index is -0.397. The summed E-state index contributed by atoms with van der Waals surface area (Å²) in [6, 6.07) is 20.8. The van der Waals surface area contributed by atoms with Crippen LogP contribution in [0.5, 0.6) is 0 Å². The zero-order valence-corrected chi connectivity index (χ0v) is 17.7. The smallest absolute Gasteiger partial charge is 0.222 e. The van der Waals surface area contributed by atoms with Crippen LogP contribution in [0.15, 0.2) is 66.7 Å². The Hall–Kier alpha value is -3.21. The largest absolute Gasteiger partial charge is 0.350 e. The van der Waals surface area contributed by atoms with Crippen LogP contribution >= 0.6 is 0 Å². The van der Waals surface area contributed by atoms with Crippen LogP contribution in [0.2, 0.25) is 0 Å². The van der Waals surface area contributed by atoms with Gasteiger partial charge in [-0.3, -0.25) is 9.59 Å². The number of nitrogens with one attached hydrogen (secondary N) is 1. The summed E-state index contributed by atoms with van der Waals surface area (Å²) < 4.78 is 13.1. The van der Waals surface area contributed by atoms with Crippen molar-refractivity contribution in [2.24, 2.45) is 0 Å². The lowest BCUT2D eigenvalue weighted by Gasteiger charge is -2.30. The molecule has 1 atom stereocenters. The van der Waals surface area contributed by atoms with E-state index < -0.39 is 5.54 Å². The molecule has 160 valence electrons. The molecule has 4 nitrogen and oxygen atoms in total. The number of benzene rings is 3. The number of hydrogen-bond acceptors (Lipinski definition) is 2. The van der Waals surface area contributed by atoms with Crippen molar-refractivity contribution in [2.75, 3.05) is 7.05 Å². The van der Waals surface area contributed by atoms with Gasteiger partial charge in [0.15, 0.2) is 0 Å². The van der Waals surface area contributed by atoms with E-state index >= 15 is 0 Å². The molecule has 0 aliphatic carbocycles. The van der Waals surface area contributed by atoms with E-state index in [1.807, 2.05) is 12.1 Å². The summed E-state index contributed by atoms with van der Waals surface area (Å²) in [4.78, 5) is 26.5. The number of amides is 2. The van der Waals surface area contributed by atoms with Crippen molar-refractivity contribution in [1.29, 1.82) is 0 Å². The predicted octanol–water partition coefficient (Wildman–Crippen LogP) is 4.61. The van der Waals surface area contributed by atoms with Crippen LogP contribution in [0.25, 0.3) is 10.8 Å². The topological polar surface area (TPSA) is 49.4 Å². The second kappa shape index (κ2) is 8.88. The van der Waals surface area contributed by atoms with Gasteiger partial charge < -0.3 is 10.2 Å². The van der Waals surface area contributed by atoms with Crippen molar-refractivity contribution >= 4 is 22.6 Å². The average Bonchev–Trinajstić information content (AvgIpc) is 3.14. The fourth-order valence-corrected chi connectivity index (χ4v) is 4.41. The number of hydrogen-bond donors (Lipinski definition) is 1. The van der Waals surface area contributed by atoms with E-state index in [-0.39, 0.29) is 17.6 Å². The quantitative estimate of drug-likeness (QED) is 0.609. The van der Waals surface area contributed by atoms with Gasteiger partial charge in [0, 0.05) is 32.0 Å². The summed E-state index contributed by atoms with van der Waals surface area (Å²) in [6.07, 6.45) is 2.88. The van der Waals surface area contributed by atoms with E-state index in [0.717, 1.165) is 17.5 Å². The van der Waals surface area contributed by atoms with Gasteiger partial charge in [-0.2, -0.15) is 0 Å². The number of carbonyl (C=O) groups excluding carboxylic acids is 2. The molecule has 3 aromatic rings. The van der Waals surface area contributed by atoms with Gasteiger partial charge in [0.1, 0.15) is 5.82 Å². The highest BCUT2D eigenvalue weighted by atomic mass is 19.1. The summed E-state index contributed by atoms with van der Waals surface area (Å²) in [5, 5.41) is 5.53. The third-order valence-electron chi connectivity index (χ3n) is 6.17. The second-order valence-corrected chi connectivity index (χ2v) is 8.56. The zero-order chi connectivity index (χ0) is 21.8. The summed E-state index contributed by atoms with van der Waals surface area (Å²) in [5.41, 5.74) is 1.65. The number of halogens is 1. The zero-order valence-electron chi connectivity index (χ0n) is 17.7. The van der Waals surface area contributed by atoms with Crippen molar-refractivity contribution in [3.63, 3.8) is 0 Å². The molecule has 1 heterocycles. The van der Waals surface area contributed by atoms with E-state index in [0.29, 0.717) is 32.2 Å². The summed E-state index contributed by atoms with van der Waals surface area (Å²) in [5.74, 6) is -0.221. The van der Waals surface area contributed by atoms with Gasteiger partial charge in [-0.05, 0) is 53.3 Å². The molecule has 1 aliphatic heterocycles. The normalized spacial score (nSPS) is 18.2. The molecule has 1 N–H and O–H groups in total. The van der Waals surface area contributed by atoms with Crippen LogP contribution in [0.1, 0.15) is 36.8 Å². The van der Waals surface area contributed by atoms with Crippen molar-refractivity contribution in [3.8, 4) is 0 Å². The Morgan fingerprint density at radius 2 is 1.74 bits per heavy atom. The molecular weight excluding hydrogens is 391 g/mol. The van der Waals surface area contributed by atoms with Crippen molar-refractivity contribution < 1.29 is 14.0 Å². The van der Waals surface area contributed by atoms with Crippen LogP contribution in [0, 0.1) is 5.82 Å². The molecule has 0 spiro atoms. The van der Waals surface area contributed by atoms with Crippen LogP contribution in [0.3, 0.4) is 0 Å². The average molecular weight is 419 g/mol. The Balaban J connectivity index is 1.43. The first-order valence-corrected chi connectivity index (χ1v) is 10.7. The molecule has 31 heavy (non-hydrogen) atoms. The summed E-state index contributed by atoms with van der Waals surface area (Å²) in [7, 11) is 1.76. The lowest BCUT2D eigenvalue weighted by Crippen LogP contribution is -2.44. The molecule has 4 rings (SSSR count). The van der Waals surface area contributed by atoms with Gasteiger partial charge in [0.2, 0.25) is 11.8 Å². The van der Waals surface area contributed by atoms with Gasteiger partial charge in [-0.25, -0.2) is 4.39 Å². The van der Waals surface area contributed by atoms with E-state index in [9.17, 15) is 14.0 Å². The molecule has 2 amide bonds. The van der Waals surface area contributed by atoms with Gasteiger partial charge >= 0.3 is 0 Å². The van der Waals surface area contributed by atoms with Crippen LogP contribution in [0.4, 0.5) is 4.39 Å². The Kier molecular flexibility index (Phi) is 6.03. The first-order valence-electron chi connectivity index (χ1n) is 10.7. The molecular formula is C26H27FN2O2. The molecule has 1 unspecified atom stereocenters. The first-order chi connectivity index (χ1) is 14.9. The molecule has 0 saturated carbocycles. The maximum atomic E-state index is 13.1. The molecule has 5 heteroatoms. The number of rotatable bonds is 7. The SMILES string of the molecule is CN(Cc1ccc(F)cc1)C(=O)CCC1(Cc2ccc3ccccc3c2)CCC(=O)N1. The van der Waals surface area contributed by atoms with Crippen molar-refractivity contribution in [2.45, 2.75) is 44.2 Å². The fraction of sp³-hybridized carbons (Fsp3) is 0.308.